The molecule has 0 radical (unpaired) electrons. The molecule has 1 aliphatic rings. The molecule has 0 amide bonds. The van der Waals surface area contributed by atoms with E-state index in [4.69, 9.17) is 0 Å². The van der Waals surface area contributed by atoms with Crippen LogP contribution in [0.3, 0.4) is 0 Å². The van der Waals surface area contributed by atoms with Gasteiger partial charge in [-0.1, -0.05) is 6.07 Å². The van der Waals surface area contributed by atoms with E-state index in [9.17, 15) is 17.6 Å². The first-order valence-electron chi connectivity index (χ1n) is 4.56. The molecule has 1 heterocycles. The molecule has 1 aromatic rings. The van der Waals surface area contributed by atoms with Gasteiger partial charge in [0.2, 0.25) is 0 Å². The number of hydrogen-bond acceptors (Lipinski definition) is 1. The van der Waals surface area contributed by atoms with Gasteiger partial charge in [-0.3, -0.25) is 0 Å². The van der Waals surface area contributed by atoms with E-state index in [-0.39, 0.29) is 5.92 Å². The maximum atomic E-state index is 13.3. The van der Waals surface area contributed by atoms with Crippen molar-refractivity contribution in [2.24, 2.45) is 0 Å². The van der Waals surface area contributed by atoms with Crippen LogP contribution in [0.5, 0.6) is 0 Å². The highest BCUT2D eigenvalue weighted by Crippen LogP contribution is 2.32. The summed E-state index contributed by atoms with van der Waals surface area (Å²) in [7, 11) is 0. The van der Waals surface area contributed by atoms with Crippen molar-refractivity contribution in [3.63, 3.8) is 0 Å². The Labute approximate surface area is 84.1 Å². The van der Waals surface area contributed by atoms with E-state index in [2.05, 4.69) is 5.32 Å². The van der Waals surface area contributed by atoms with E-state index in [1.807, 2.05) is 0 Å². The van der Waals surface area contributed by atoms with Gasteiger partial charge in [-0.05, 0) is 17.7 Å². The third-order valence-electron chi connectivity index (χ3n) is 2.55. The van der Waals surface area contributed by atoms with Crippen molar-refractivity contribution >= 4 is 0 Å². The van der Waals surface area contributed by atoms with E-state index < -0.39 is 17.6 Å². The lowest BCUT2D eigenvalue weighted by atomic mass is 9.92. The van der Waals surface area contributed by atoms with Gasteiger partial charge in [0.1, 0.15) is 5.82 Å². The van der Waals surface area contributed by atoms with Gasteiger partial charge < -0.3 is 5.32 Å². The first-order valence-corrected chi connectivity index (χ1v) is 4.56. The summed E-state index contributed by atoms with van der Waals surface area (Å²) in [6.07, 6.45) is -4.47. The summed E-state index contributed by atoms with van der Waals surface area (Å²) < 4.78 is 50.0. The van der Waals surface area contributed by atoms with Crippen LogP contribution >= 0.6 is 0 Å². The van der Waals surface area contributed by atoms with Crippen LogP contribution in [-0.2, 0) is 6.18 Å². The zero-order valence-electron chi connectivity index (χ0n) is 7.74. The minimum absolute atomic E-state index is 0.00674. The first kappa shape index (κ1) is 10.4. The van der Waals surface area contributed by atoms with Crippen LogP contribution in [0.15, 0.2) is 18.2 Å². The number of halogens is 4. The molecule has 0 aliphatic carbocycles. The number of hydrogen-bond donors (Lipinski definition) is 1. The van der Waals surface area contributed by atoms with E-state index in [0.29, 0.717) is 24.7 Å². The van der Waals surface area contributed by atoms with Crippen LogP contribution < -0.4 is 5.32 Å². The van der Waals surface area contributed by atoms with Crippen molar-refractivity contribution in [2.75, 3.05) is 13.1 Å². The highest BCUT2D eigenvalue weighted by atomic mass is 19.4. The Hall–Kier alpha value is -1.10. The molecule has 0 bridgehead atoms. The Morgan fingerprint density at radius 1 is 1.20 bits per heavy atom. The van der Waals surface area contributed by atoms with Gasteiger partial charge in [0.05, 0.1) is 5.56 Å². The number of rotatable bonds is 1. The minimum atomic E-state index is -4.47. The monoisotopic (exact) mass is 219 g/mol. The lowest BCUT2D eigenvalue weighted by molar-refractivity contribution is -0.137. The summed E-state index contributed by atoms with van der Waals surface area (Å²) in [6, 6.07) is 2.72. The van der Waals surface area contributed by atoms with Crippen molar-refractivity contribution in [1.29, 1.82) is 0 Å². The predicted molar refractivity (Wildman–Crippen MR) is 47.0 cm³/mol. The second-order valence-electron chi connectivity index (χ2n) is 3.59. The van der Waals surface area contributed by atoms with Gasteiger partial charge in [-0.25, -0.2) is 4.39 Å². The van der Waals surface area contributed by atoms with Crippen LogP contribution in [-0.4, -0.2) is 13.1 Å². The summed E-state index contributed by atoms with van der Waals surface area (Å²) in [4.78, 5) is 0. The fraction of sp³-hybridized carbons (Fsp3) is 0.400. The standard InChI is InChI=1S/C10H9F4N/c11-9-3-7(10(12,13)14)1-2-8(9)6-4-15-5-6/h1-3,6,15H,4-5H2. The molecule has 1 fully saturated rings. The molecular weight excluding hydrogens is 210 g/mol. The molecule has 0 saturated carbocycles. The van der Waals surface area contributed by atoms with Gasteiger partial charge >= 0.3 is 6.18 Å². The van der Waals surface area contributed by atoms with Gasteiger partial charge in [0.25, 0.3) is 0 Å². The fourth-order valence-electron chi connectivity index (χ4n) is 1.54. The molecule has 2 rings (SSSR count). The van der Waals surface area contributed by atoms with Crippen molar-refractivity contribution in [3.05, 3.63) is 35.1 Å². The predicted octanol–water partition coefficient (Wildman–Crippen LogP) is 2.53. The zero-order chi connectivity index (χ0) is 11.1. The van der Waals surface area contributed by atoms with Crippen LogP contribution in [0.4, 0.5) is 17.6 Å². The van der Waals surface area contributed by atoms with E-state index in [1.165, 1.54) is 6.07 Å². The summed E-state index contributed by atoms with van der Waals surface area (Å²) in [6.45, 7) is 1.25. The largest absolute Gasteiger partial charge is 0.416 e. The topological polar surface area (TPSA) is 12.0 Å². The summed E-state index contributed by atoms with van der Waals surface area (Å²) in [5.74, 6) is -0.761. The summed E-state index contributed by atoms with van der Waals surface area (Å²) in [5, 5.41) is 2.94. The van der Waals surface area contributed by atoms with Crippen molar-refractivity contribution in [3.8, 4) is 0 Å². The van der Waals surface area contributed by atoms with Crippen molar-refractivity contribution in [1.82, 2.24) is 5.32 Å². The van der Waals surface area contributed by atoms with Crippen LogP contribution in [0.25, 0.3) is 0 Å². The smallest absolute Gasteiger partial charge is 0.315 e. The molecular formula is C10H9F4N. The Morgan fingerprint density at radius 3 is 2.27 bits per heavy atom. The van der Waals surface area contributed by atoms with Crippen molar-refractivity contribution in [2.45, 2.75) is 12.1 Å². The van der Waals surface area contributed by atoms with Gasteiger partial charge in [0, 0.05) is 19.0 Å². The summed E-state index contributed by atoms with van der Waals surface area (Å²) >= 11 is 0. The minimum Gasteiger partial charge on any atom is -0.315 e. The second-order valence-corrected chi connectivity index (χ2v) is 3.59. The molecule has 5 heteroatoms. The molecule has 1 aromatic carbocycles. The third-order valence-corrected chi connectivity index (χ3v) is 2.55. The zero-order valence-corrected chi connectivity index (χ0v) is 7.74. The molecule has 1 aliphatic heterocycles. The molecule has 0 spiro atoms. The third kappa shape index (κ3) is 1.97. The van der Waals surface area contributed by atoms with E-state index in [0.717, 1.165) is 6.07 Å². The number of nitrogens with one attached hydrogen (secondary N) is 1. The lowest BCUT2D eigenvalue weighted by Gasteiger charge is -2.28. The van der Waals surface area contributed by atoms with Crippen molar-refractivity contribution < 1.29 is 17.6 Å². The highest BCUT2D eigenvalue weighted by molar-refractivity contribution is 5.30. The Bertz CT molecular complexity index is 368. The molecule has 82 valence electrons. The van der Waals surface area contributed by atoms with Gasteiger partial charge in [-0.2, -0.15) is 13.2 Å². The average Bonchev–Trinajstić information content (AvgIpc) is 2.03. The molecule has 0 aromatic heterocycles. The maximum Gasteiger partial charge on any atom is 0.416 e. The number of benzene rings is 1. The molecule has 1 saturated heterocycles. The molecule has 1 N–H and O–H groups in total. The van der Waals surface area contributed by atoms with E-state index in [1.54, 1.807) is 0 Å². The first-order chi connectivity index (χ1) is 6.98. The quantitative estimate of drug-likeness (QED) is 0.715. The Balaban J connectivity index is 2.30. The molecule has 0 unspecified atom stereocenters. The van der Waals surface area contributed by atoms with Crippen LogP contribution in [0.1, 0.15) is 17.0 Å². The average molecular weight is 219 g/mol. The van der Waals surface area contributed by atoms with E-state index >= 15 is 0 Å². The van der Waals surface area contributed by atoms with Crippen LogP contribution in [0, 0.1) is 5.82 Å². The Kier molecular flexibility index (Phi) is 2.42. The molecule has 0 atom stereocenters. The summed E-state index contributed by atoms with van der Waals surface area (Å²) in [5.41, 5.74) is -0.571. The molecule has 1 nitrogen and oxygen atoms in total. The van der Waals surface area contributed by atoms with Gasteiger partial charge in [0.15, 0.2) is 0 Å². The Morgan fingerprint density at radius 2 is 1.87 bits per heavy atom. The fourth-order valence-corrected chi connectivity index (χ4v) is 1.54. The SMILES string of the molecule is Fc1cc(C(F)(F)F)ccc1C1CNC1. The number of alkyl halides is 3. The second kappa shape index (κ2) is 3.48. The normalized spacial score (nSPS) is 17.6. The van der Waals surface area contributed by atoms with Crippen LogP contribution in [0.2, 0.25) is 0 Å². The molecule has 15 heavy (non-hydrogen) atoms. The highest BCUT2D eigenvalue weighted by Gasteiger charge is 2.32. The maximum absolute atomic E-state index is 13.3. The van der Waals surface area contributed by atoms with Gasteiger partial charge in [-0.15, -0.1) is 0 Å². The lowest BCUT2D eigenvalue weighted by Crippen LogP contribution is -2.40.